The molecule has 0 bridgehead atoms. The number of nitrogens with zero attached hydrogens (tertiary/aromatic N) is 3. The number of fused-ring (bicyclic) bond motifs is 9. The van der Waals surface area contributed by atoms with Crippen molar-refractivity contribution in [3.8, 4) is 67.5 Å². The number of benzene rings is 8. The quantitative estimate of drug-likeness (QED) is 0.177. The SMILES string of the molecule is c1ccc(-c2nc(-c3ccccc3-c3ccccc3)nc(-c3ccccc3-c3cccc4c3Sc3ccccc3C43c4ccccc4-c4ccccc43)n2)cc1. The predicted molar refractivity (Wildman–Crippen MR) is 228 cm³/mol. The summed E-state index contributed by atoms with van der Waals surface area (Å²) < 4.78 is 0. The van der Waals surface area contributed by atoms with E-state index in [4.69, 9.17) is 15.0 Å². The average molecular weight is 732 g/mol. The highest BCUT2D eigenvalue weighted by Crippen LogP contribution is 2.63. The molecule has 0 unspecified atom stereocenters. The molecule has 0 atom stereocenters. The number of hydrogen-bond donors (Lipinski definition) is 0. The molecular weight excluding hydrogens is 699 g/mol. The lowest BCUT2D eigenvalue weighted by Crippen LogP contribution is -2.32. The van der Waals surface area contributed by atoms with Gasteiger partial charge in [0.15, 0.2) is 17.5 Å². The summed E-state index contributed by atoms with van der Waals surface area (Å²) in [6.07, 6.45) is 0. The second-order valence-corrected chi connectivity index (χ2v) is 15.3. The molecule has 11 rings (SSSR count). The van der Waals surface area contributed by atoms with Crippen LogP contribution in [-0.2, 0) is 5.41 Å². The Bertz CT molecular complexity index is 2910. The lowest BCUT2D eigenvalue weighted by Gasteiger charge is -2.40. The van der Waals surface area contributed by atoms with Gasteiger partial charge in [-0.2, -0.15) is 0 Å². The summed E-state index contributed by atoms with van der Waals surface area (Å²) in [5, 5.41) is 0. The Balaban J connectivity index is 1.16. The smallest absolute Gasteiger partial charge is 0.164 e. The Labute approximate surface area is 330 Å². The van der Waals surface area contributed by atoms with Crippen molar-refractivity contribution in [1.29, 1.82) is 0 Å². The Morgan fingerprint density at radius 1 is 0.286 bits per heavy atom. The van der Waals surface area contributed by atoms with Crippen molar-refractivity contribution in [2.24, 2.45) is 0 Å². The molecule has 0 amide bonds. The van der Waals surface area contributed by atoms with Crippen LogP contribution in [-0.4, -0.2) is 15.0 Å². The van der Waals surface area contributed by atoms with E-state index in [9.17, 15) is 0 Å². The average Bonchev–Trinajstić information content (AvgIpc) is 3.57. The zero-order valence-electron chi connectivity index (χ0n) is 30.3. The van der Waals surface area contributed by atoms with Crippen molar-refractivity contribution < 1.29 is 0 Å². The van der Waals surface area contributed by atoms with Crippen LogP contribution < -0.4 is 0 Å². The maximum Gasteiger partial charge on any atom is 0.164 e. The summed E-state index contributed by atoms with van der Waals surface area (Å²) in [4.78, 5) is 18.2. The molecule has 0 saturated carbocycles. The normalized spacial score (nSPS) is 13.1. The van der Waals surface area contributed by atoms with Gasteiger partial charge < -0.3 is 0 Å². The Kier molecular flexibility index (Phi) is 7.64. The Morgan fingerprint density at radius 2 is 0.714 bits per heavy atom. The van der Waals surface area contributed by atoms with Gasteiger partial charge in [-0.1, -0.05) is 206 Å². The monoisotopic (exact) mass is 731 g/mol. The van der Waals surface area contributed by atoms with Gasteiger partial charge in [0.2, 0.25) is 0 Å². The van der Waals surface area contributed by atoms with E-state index in [-0.39, 0.29) is 0 Å². The summed E-state index contributed by atoms with van der Waals surface area (Å²) in [5.41, 5.74) is 14.7. The summed E-state index contributed by atoms with van der Waals surface area (Å²) in [6.45, 7) is 0. The molecule has 2 heterocycles. The molecule has 1 aromatic heterocycles. The second kappa shape index (κ2) is 13.2. The van der Waals surface area contributed by atoms with E-state index in [1.807, 2.05) is 36.0 Å². The topological polar surface area (TPSA) is 38.7 Å². The largest absolute Gasteiger partial charge is 0.208 e. The highest BCUT2D eigenvalue weighted by Gasteiger charge is 2.50. The van der Waals surface area contributed by atoms with Crippen molar-refractivity contribution in [3.05, 3.63) is 222 Å². The van der Waals surface area contributed by atoms with Crippen molar-refractivity contribution in [2.75, 3.05) is 0 Å². The van der Waals surface area contributed by atoms with E-state index >= 15 is 0 Å². The summed E-state index contributed by atoms with van der Waals surface area (Å²) >= 11 is 1.86. The molecule has 4 heteroatoms. The van der Waals surface area contributed by atoms with Gasteiger partial charge in [-0.3, -0.25) is 0 Å². The van der Waals surface area contributed by atoms with Crippen LogP contribution in [0.5, 0.6) is 0 Å². The first-order valence-electron chi connectivity index (χ1n) is 19.0. The first-order valence-corrected chi connectivity index (χ1v) is 19.8. The van der Waals surface area contributed by atoms with Crippen LogP contribution in [0.1, 0.15) is 22.3 Å². The minimum Gasteiger partial charge on any atom is -0.208 e. The van der Waals surface area contributed by atoms with Crippen LogP contribution in [0.2, 0.25) is 0 Å². The molecule has 0 saturated heterocycles. The molecule has 1 spiro atoms. The van der Waals surface area contributed by atoms with Crippen molar-refractivity contribution >= 4 is 11.8 Å². The molecule has 0 N–H and O–H groups in total. The third-order valence-electron chi connectivity index (χ3n) is 11.3. The van der Waals surface area contributed by atoms with Crippen LogP contribution in [0.4, 0.5) is 0 Å². The maximum atomic E-state index is 5.32. The summed E-state index contributed by atoms with van der Waals surface area (Å²) in [5.74, 6) is 1.91. The van der Waals surface area contributed by atoms with Crippen molar-refractivity contribution in [2.45, 2.75) is 15.2 Å². The minimum atomic E-state index is -0.461. The molecule has 56 heavy (non-hydrogen) atoms. The van der Waals surface area contributed by atoms with Gasteiger partial charge in [-0.25, -0.2) is 15.0 Å². The summed E-state index contributed by atoms with van der Waals surface area (Å²) in [7, 11) is 0. The van der Waals surface area contributed by atoms with Gasteiger partial charge in [0.1, 0.15) is 0 Å². The molecule has 9 aromatic rings. The van der Waals surface area contributed by atoms with Crippen molar-refractivity contribution in [3.63, 3.8) is 0 Å². The minimum absolute atomic E-state index is 0.461. The van der Waals surface area contributed by atoms with E-state index in [2.05, 4.69) is 176 Å². The number of aromatic nitrogens is 3. The van der Waals surface area contributed by atoms with Crippen LogP contribution in [0, 0.1) is 0 Å². The van der Waals surface area contributed by atoms with E-state index in [0.717, 1.165) is 38.9 Å². The van der Waals surface area contributed by atoms with Crippen molar-refractivity contribution in [1.82, 2.24) is 15.0 Å². The zero-order valence-corrected chi connectivity index (χ0v) is 31.1. The number of hydrogen-bond acceptors (Lipinski definition) is 4. The fraction of sp³-hybridized carbons (Fsp3) is 0.0192. The molecule has 2 aliphatic rings. The van der Waals surface area contributed by atoms with E-state index in [1.54, 1.807) is 0 Å². The number of rotatable bonds is 5. The van der Waals surface area contributed by atoms with Gasteiger partial charge >= 0.3 is 0 Å². The maximum absolute atomic E-state index is 5.32. The lowest BCUT2D eigenvalue weighted by molar-refractivity contribution is 0.723. The Hall–Kier alpha value is -6.88. The molecule has 0 radical (unpaired) electrons. The molecular formula is C52H33N3S. The Morgan fingerprint density at radius 3 is 1.36 bits per heavy atom. The predicted octanol–water partition coefficient (Wildman–Crippen LogP) is 13.0. The van der Waals surface area contributed by atoms with E-state index in [1.165, 1.54) is 43.2 Å². The highest BCUT2D eigenvalue weighted by atomic mass is 32.2. The molecule has 0 fully saturated rings. The fourth-order valence-corrected chi connectivity index (χ4v) is 10.2. The summed E-state index contributed by atoms with van der Waals surface area (Å²) in [6, 6.07) is 71.4. The lowest BCUT2D eigenvalue weighted by atomic mass is 9.67. The molecule has 1 aliphatic carbocycles. The highest BCUT2D eigenvalue weighted by molar-refractivity contribution is 7.99. The van der Waals surface area contributed by atoms with Gasteiger partial charge in [-0.15, -0.1) is 0 Å². The first-order chi connectivity index (χ1) is 27.8. The van der Waals surface area contributed by atoms with E-state index < -0.39 is 5.41 Å². The third-order valence-corrected chi connectivity index (χ3v) is 12.5. The van der Waals surface area contributed by atoms with E-state index in [0.29, 0.717) is 17.5 Å². The standard InChI is InChI=1S/C52H33N3S/c1-3-18-34(19-4-1)36-22-7-9-26-41(36)50-53-49(35-20-5-2-6-21-35)54-51(55-50)42-27-10-8-23-37(42)40-28-17-32-46-48(40)56-47-33-16-15-31-45(47)52(46)43-29-13-11-24-38(43)39-25-12-14-30-44(39)52/h1-33H. The third kappa shape index (κ3) is 4.96. The first kappa shape index (κ1) is 32.5. The molecule has 3 nitrogen and oxygen atoms in total. The van der Waals surface area contributed by atoms with Gasteiger partial charge in [-0.05, 0) is 61.7 Å². The van der Waals surface area contributed by atoms with Crippen LogP contribution >= 0.6 is 11.8 Å². The van der Waals surface area contributed by atoms with Gasteiger partial charge in [0.25, 0.3) is 0 Å². The van der Waals surface area contributed by atoms with Gasteiger partial charge in [0.05, 0.1) is 5.41 Å². The van der Waals surface area contributed by atoms with Crippen LogP contribution in [0.3, 0.4) is 0 Å². The van der Waals surface area contributed by atoms with Gasteiger partial charge in [0, 0.05) is 26.5 Å². The fourth-order valence-electron chi connectivity index (χ4n) is 8.88. The van der Waals surface area contributed by atoms with Crippen LogP contribution in [0.15, 0.2) is 210 Å². The molecule has 1 aliphatic heterocycles. The second-order valence-electron chi connectivity index (χ2n) is 14.3. The molecule has 262 valence electrons. The molecule has 8 aromatic carbocycles. The van der Waals surface area contributed by atoms with Crippen LogP contribution in [0.25, 0.3) is 67.5 Å². The zero-order chi connectivity index (χ0) is 37.1.